The average molecular weight is 231 g/mol. The zero-order valence-electron chi connectivity index (χ0n) is 10.8. The van der Waals surface area contributed by atoms with Crippen molar-refractivity contribution in [1.29, 1.82) is 0 Å². The molecule has 0 radical (unpaired) electrons. The molecule has 1 aliphatic rings. The van der Waals surface area contributed by atoms with Crippen LogP contribution in [0, 0.1) is 0 Å². The second-order valence-electron chi connectivity index (χ2n) is 5.23. The van der Waals surface area contributed by atoms with Crippen molar-refractivity contribution in [3.63, 3.8) is 0 Å². The van der Waals surface area contributed by atoms with Gasteiger partial charge in [-0.3, -0.25) is 0 Å². The van der Waals surface area contributed by atoms with Crippen LogP contribution in [0.3, 0.4) is 0 Å². The lowest BCUT2D eigenvalue weighted by molar-refractivity contribution is 0.138. The first-order chi connectivity index (χ1) is 8.11. The highest BCUT2D eigenvalue weighted by molar-refractivity contribution is 5.41. The van der Waals surface area contributed by atoms with Gasteiger partial charge in [-0.2, -0.15) is 0 Å². The van der Waals surface area contributed by atoms with Crippen LogP contribution >= 0.6 is 0 Å². The van der Waals surface area contributed by atoms with E-state index in [0.717, 1.165) is 31.7 Å². The molecule has 1 aromatic carbocycles. The summed E-state index contributed by atoms with van der Waals surface area (Å²) in [4.78, 5) is 0. The maximum atomic E-state index is 5.86. The van der Waals surface area contributed by atoms with Crippen LogP contribution in [0.5, 0.6) is 5.75 Å². The van der Waals surface area contributed by atoms with Gasteiger partial charge in [-0.25, -0.2) is 0 Å². The van der Waals surface area contributed by atoms with E-state index in [1.54, 1.807) is 0 Å². The van der Waals surface area contributed by atoms with E-state index in [9.17, 15) is 0 Å². The van der Waals surface area contributed by atoms with Crippen molar-refractivity contribution in [3.05, 3.63) is 42.0 Å². The van der Waals surface area contributed by atoms with Crippen molar-refractivity contribution in [2.45, 2.75) is 38.8 Å². The smallest absolute Gasteiger partial charge is 0.123 e. The topological polar surface area (TPSA) is 21.3 Å². The molecule has 0 saturated carbocycles. The maximum Gasteiger partial charge on any atom is 0.123 e. The monoisotopic (exact) mass is 231 g/mol. The van der Waals surface area contributed by atoms with Gasteiger partial charge < -0.3 is 10.1 Å². The van der Waals surface area contributed by atoms with Gasteiger partial charge in [0, 0.05) is 13.0 Å². The van der Waals surface area contributed by atoms with Gasteiger partial charge >= 0.3 is 0 Å². The molecule has 0 unspecified atom stereocenters. The van der Waals surface area contributed by atoms with E-state index >= 15 is 0 Å². The Kier molecular flexibility index (Phi) is 3.53. The van der Waals surface area contributed by atoms with Crippen molar-refractivity contribution < 1.29 is 4.74 Å². The number of benzene rings is 1. The fourth-order valence-electron chi connectivity index (χ4n) is 2.21. The maximum absolute atomic E-state index is 5.86. The molecule has 0 bridgehead atoms. The molecule has 1 heterocycles. The third-order valence-corrected chi connectivity index (χ3v) is 2.98. The lowest BCUT2D eigenvalue weighted by Gasteiger charge is -2.16. The summed E-state index contributed by atoms with van der Waals surface area (Å²) in [6.07, 6.45) is 3.95. The largest absolute Gasteiger partial charge is 0.487 e. The van der Waals surface area contributed by atoms with Gasteiger partial charge in [-0.15, -0.1) is 6.58 Å². The highest BCUT2D eigenvalue weighted by Gasteiger charge is 2.29. The van der Waals surface area contributed by atoms with Gasteiger partial charge in [0.05, 0.1) is 0 Å². The molecule has 2 rings (SSSR count). The van der Waals surface area contributed by atoms with Crippen LogP contribution in [0.1, 0.15) is 31.4 Å². The summed E-state index contributed by atoms with van der Waals surface area (Å²) in [6, 6.07) is 6.49. The molecular formula is C15H21NO. The van der Waals surface area contributed by atoms with E-state index in [4.69, 9.17) is 4.74 Å². The Morgan fingerprint density at radius 3 is 3.06 bits per heavy atom. The Morgan fingerprint density at radius 2 is 2.29 bits per heavy atom. The summed E-state index contributed by atoms with van der Waals surface area (Å²) in [6.45, 7) is 9.89. The molecule has 1 N–H and O–H groups in total. The quantitative estimate of drug-likeness (QED) is 0.621. The third kappa shape index (κ3) is 3.10. The van der Waals surface area contributed by atoms with E-state index in [2.05, 4.69) is 43.9 Å². The molecule has 0 aromatic heterocycles. The summed E-state index contributed by atoms with van der Waals surface area (Å²) in [5.74, 6) is 1.05. The molecule has 0 spiro atoms. The minimum atomic E-state index is -0.0444. The van der Waals surface area contributed by atoms with Crippen molar-refractivity contribution >= 4 is 0 Å². The number of hydrogen-bond acceptors (Lipinski definition) is 2. The summed E-state index contributed by atoms with van der Waals surface area (Å²) in [7, 11) is 0. The summed E-state index contributed by atoms with van der Waals surface area (Å²) < 4.78 is 5.86. The molecule has 0 fully saturated rings. The molecule has 0 aliphatic carbocycles. The van der Waals surface area contributed by atoms with Gasteiger partial charge in [0.1, 0.15) is 11.4 Å². The lowest BCUT2D eigenvalue weighted by Crippen LogP contribution is -2.24. The van der Waals surface area contributed by atoms with Crippen LogP contribution in [0.2, 0.25) is 0 Å². The van der Waals surface area contributed by atoms with Gasteiger partial charge in [0.2, 0.25) is 0 Å². The second-order valence-corrected chi connectivity index (χ2v) is 5.23. The third-order valence-electron chi connectivity index (χ3n) is 2.98. The Hall–Kier alpha value is -1.28. The van der Waals surface area contributed by atoms with Crippen molar-refractivity contribution in [2.75, 3.05) is 6.54 Å². The molecule has 0 saturated heterocycles. The Labute approximate surface area is 104 Å². The summed E-state index contributed by atoms with van der Waals surface area (Å²) in [5, 5.41) is 3.40. The molecule has 2 heteroatoms. The van der Waals surface area contributed by atoms with Crippen LogP contribution < -0.4 is 10.1 Å². The number of hydrogen-bond donors (Lipinski definition) is 1. The van der Waals surface area contributed by atoms with E-state index in [1.165, 1.54) is 11.1 Å². The first kappa shape index (κ1) is 12.2. The minimum absolute atomic E-state index is 0.0444. The molecule has 17 heavy (non-hydrogen) atoms. The Balaban J connectivity index is 1.96. The van der Waals surface area contributed by atoms with E-state index in [1.807, 2.05) is 6.08 Å². The number of nitrogens with one attached hydrogen (secondary N) is 1. The van der Waals surface area contributed by atoms with Crippen molar-refractivity contribution in [3.8, 4) is 5.75 Å². The molecule has 0 atom stereocenters. The molecule has 2 nitrogen and oxygen atoms in total. The zero-order chi connectivity index (χ0) is 12.3. The molecule has 1 aromatic rings. The SMILES string of the molecule is C=CCCNCc1ccc2c(c1)CC(C)(C)O2. The minimum Gasteiger partial charge on any atom is -0.487 e. The Bertz CT molecular complexity index is 409. The first-order valence-electron chi connectivity index (χ1n) is 6.23. The van der Waals surface area contributed by atoms with Crippen LogP contribution in [0.4, 0.5) is 0 Å². The normalized spacial score (nSPS) is 16.4. The van der Waals surface area contributed by atoms with E-state index in [-0.39, 0.29) is 5.60 Å². The fraction of sp³-hybridized carbons (Fsp3) is 0.467. The first-order valence-corrected chi connectivity index (χ1v) is 6.23. The molecule has 0 amide bonds. The van der Waals surface area contributed by atoms with Gasteiger partial charge in [0.25, 0.3) is 0 Å². The van der Waals surface area contributed by atoms with Crippen molar-refractivity contribution in [1.82, 2.24) is 5.32 Å². The standard InChI is InChI=1S/C15H21NO/c1-4-5-8-16-11-12-6-7-14-13(9-12)10-15(2,3)17-14/h4,6-7,9,16H,1,5,8,10-11H2,2-3H3. The van der Waals surface area contributed by atoms with Gasteiger partial charge in [-0.05, 0) is 44.0 Å². The van der Waals surface area contributed by atoms with Crippen molar-refractivity contribution in [2.24, 2.45) is 0 Å². The average Bonchev–Trinajstić information content (AvgIpc) is 2.57. The number of rotatable bonds is 5. The number of ether oxygens (including phenoxy) is 1. The summed E-state index contributed by atoms with van der Waals surface area (Å²) >= 11 is 0. The van der Waals surface area contributed by atoms with E-state index < -0.39 is 0 Å². The highest BCUT2D eigenvalue weighted by atomic mass is 16.5. The molecular weight excluding hydrogens is 210 g/mol. The number of fused-ring (bicyclic) bond motifs is 1. The van der Waals surface area contributed by atoms with Crippen LogP contribution in [0.15, 0.2) is 30.9 Å². The Morgan fingerprint density at radius 1 is 1.47 bits per heavy atom. The fourth-order valence-corrected chi connectivity index (χ4v) is 2.21. The molecule has 92 valence electrons. The highest BCUT2D eigenvalue weighted by Crippen LogP contribution is 2.35. The van der Waals surface area contributed by atoms with Crippen LogP contribution in [0.25, 0.3) is 0 Å². The van der Waals surface area contributed by atoms with E-state index in [0.29, 0.717) is 0 Å². The lowest BCUT2D eigenvalue weighted by atomic mass is 10.0. The summed E-state index contributed by atoms with van der Waals surface area (Å²) in [5.41, 5.74) is 2.61. The predicted molar refractivity (Wildman–Crippen MR) is 71.4 cm³/mol. The molecule has 1 aliphatic heterocycles. The van der Waals surface area contributed by atoms with Gasteiger partial charge in [0.15, 0.2) is 0 Å². The van der Waals surface area contributed by atoms with Crippen LogP contribution in [-0.2, 0) is 13.0 Å². The predicted octanol–water partition coefficient (Wildman–Crippen LogP) is 3.07. The second kappa shape index (κ2) is 4.92. The van der Waals surface area contributed by atoms with Crippen LogP contribution in [-0.4, -0.2) is 12.1 Å². The zero-order valence-corrected chi connectivity index (χ0v) is 10.8. The van der Waals surface area contributed by atoms with Gasteiger partial charge in [-0.1, -0.05) is 18.2 Å².